The van der Waals surface area contributed by atoms with Crippen molar-refractivity contribution >= 4 is 17.0 Å². The number of hydrogen-bond donors (Lipinski definition) is 1. The topological polar surface area (TPSA) is 84.9 Å². The maximum atomic E-state index is 5.27. The molecule has 1 N–H and O–H groups in total. The average molecular weight is 494 g/mol. The number of rotatable bonds is 8. The lowest BCUT2D eigenvalue weighted by Gasteiger charge is -2.32. The summed E-state index contributed by atoms with van der Waals surface area (Å²) in [5.74, 6) is 2.18. The molecule has 5 aromatic rings. The Bertz CT molecular complexity index is 1450. The highest BCUT2D eigenvalue weighted by atomic mass is 16.5. The van der Waals surface area contributed by atoms with E-state index in [1.54, 1.807) is 0 Å². The second-order valence-corrected chi connectivity index (χ2v) is 9.73. The van der Waals surface area contributed by atoms with Gasteiger partial charge in [-0.3, -0.25) is 4.98 Å². The molecule has 0 saturated carbocycles. The zero-order valence-corrected chi connectivity index (χ0v) is 21.0. The first-order valence-corrected chi connectivity index (χ1v) is 12.9. The van der Waals surface area contributed by atoms with Crippen LogP contribution in [0.1, 0.15) is 29.8 Å². The number of hydrogen-bond acceptors (Lipinski definition) is 7. The van der Waals surface area contributed by atoms with Crippen LogP contribution in [0, 0.1) is 6.92 Å². The van der Waals surface area contributed by atoms with E-state index in [0.29, 0.717) is 17.8 Å². The summed E-state index contributed by atoms with van der Waals surface area (Å²) in [4.78, 5) is 16.1. The van der Waals surface area contributed by atoms with Gasteiger partial charge in [-0.2, -0.15) is 4.98 Å². The lowest BCUT2D eigenvalue weighted by Crippen LogP contribution is -2.40. The average Bonchev–Trinajstić information content (AvgIpc) is 3.52. The lowest BCUT2D eigenvalue weighted by molar-refractivity contribution is 0.221. The third-order valence-electron chi connectivity index (χ3n) is 7.08. The Kier molecular flexibility index (Phi) is 6.64. The molecule has 37 heavy (non-hydrogen) atoms. The van der Waals surface area contributed by atoms with Crippen molar-refractivity contribution in [3.8, 4) is 11.5 Å². The van der Waals surface area contributed by atoms with Crippen molar-refractivity contribution in [3.05, 3.63) is 90.0 Å². The third-order valence-corrected chi connectivity index (χ3v) is 7.08. The van der Waals surface area contributed by atoms with E-state index in [4.69, 9.17) is 9.51 Å². The normalized spacial score (nSPS) is 14.8. The van der Waals surface area contributed by atoms with Crippen LogP contribution in [-0.2, 0) is 13.0 Å². The molecule has 8 nitrogen and oxygen atoms in total. The summed E-state index contributed by atoms with van der Waals surface area (Å²) < 4.78 is 7.54. The summed E-state index contributed by atoms with van der Waals surface area (Å²) in [6.45, 7) is 5.81. The second-order valence-electron chi connectivity index (χ2n) is 9.73. The van der Waals surface area contributed by atoms with Crippen molar-refractivity contribution in [2.75, 3.05) is 25.0 Å². The molecule has 2 aromatic carbocycles. The van der Waals surface area contributed by atoms with Crippen LogP contribution >= 0.6 is 0 Å². The van der Waals surface area contributed by atoms with Crippen molar-refractivity contribution in [1.29, 1.82) is 0 Å². The standard InChI is InChI=1S/C29H31N7O/c1-21-31-28(37-34-21)24-10-8-22(9-11-24)12-16-35-17-13-25(14-18-35)32-29-33-26-6-2-3-7-27(26)36(29)20-23-5-4-15-30-19-23/h2-11,15,19,25H,12-14,16-18,20H2,1H3,(H,32,33). The van der Waals surface area contributed by atoms with Crippen LogP contribution in [0.15, 0.2) is 77.6 Å². The summed E-state index contributed by atoms with van der Waals surface area (Å²) in [5.41, 5.74) is 5.62. The maximum Gasteiger partial charge on any atom is 0.257 e. The molecule has 6 rings (SSSR count). The fourth-order valence-corrected chi connectivity index (χ4v) is 5.02. The number of imidazole rings is 1. The first-order valence-electron chi connectivity index (χ1n) is 12.9. The highest BCUT2D eigenvalue weighted by Crippen LogP contribution is 2.24. The van der Waals surface area contributed by atoms with Gasteiger partial charge in [-0.15, -0.1) is 0 Å². The molecular weight excluding hydrogens is 462 g/mol. The number of aryl methyl sites for hydroxylation is 1. The van der Waals surface area contributed by atoms with Gasteiger partial charge in [0.05, 0.1) is 17.6 Å². The van der Waals surface area contributed by atoms with Gasteiger partial charge in [0.25, 0.3) is 5.89 Å². The Morgan fingerprint density at radius 3 is 2.54 bits per heavy atom. The zero-order valence-electron chi connectivity index (χ0n) is 21.0. The molecule has 4 heterocycles. The van der Waals surface area contributed by atoms with Gasteiger partial charge in [0.15, 0.2) is 5.82 Å². The number of anilines is 1. The van der Waals surface area contributed by atoms with Crippen molar-refractivity contribution in [3.63, 3.8) is 0 Å². The fourth-order valence-electron chi connectivity index (χ4n) is 5.02. The zero-order chi connectivity index (χ0) is 25.0. The van der Waals surface area contributed by atoms with Crippen LogP contribution in [0.3, 0.4) is 0 Å². The molecule has 0 radical (unpaired) electrons. The Balaban J connectivity index is 1.05. The molecule has 0 atom stereocenters. The SMILES string of the molecule is Cc1noc(-c2ccc(CCN3CCC(Nc4nc5ccccc5n4Cc4cccnc4)CC3)cc2)n1. The number of para-hydroxylation sites is 2. The van der Waals surface area contributed by atoms with Crippen molar-refractivity contribution in [2.24, 2.45) is 0 Å². The summed E-state index contributed by atoms with van der Waals surface area (Å²) in [6, 6.07) is 21.3. The highest BCUT2D eigenvalue weighted by molar-refractivity contribution is 5.78. The molecule has 0 bridgehead atoms. The second kappa shape index (κ2) is 10.5. The van der Waals surface area contributed by atoms with Crippen LogP contribution in [0.4, 0.5) is 5.95 Å². The van der Waals surface area contributed by atoms with Crippen LogP contribution in [0.2, 0.25) is 0 Å². The molecule has 1 aliphatic rings. The maximum absolute atomic E-state index is 5.27. The Labute approximate surface area is 216 Å². The van der Waals surface area contributed by atoms with Gasteiger partial charge < -0.3 is 19.3 Å². The van der Waals surface area contributed by atoms with Crippen molar-refractivity contribution < 1.29 is 4.52 Å². The molecule has 0 spiro atoms. The number of nitrogens with one attached hydrogen (secondary N) is 1. The molecule has 1 fully saturated rings. The number of likely N-dealkylation sites (tertiary alicyclic amines) is 1. The predicted octanol–water partition coefficient (Wildman–Crippen LogP) is 4.96. The fraction of sp³-hybridized carbons (Fsp3) is 0.310. The predicted molar refractivity (Wildman–Crippen MR) is 144 cm³/mol. The molecular formula is C29H31N7O. The summed E-state index contributed by atoms with van der Waals surface area (Å²) in [7, 11) is 0. The van der Waals surface area contributed by atoms with Crippen LogP contribution < -0.4 is 5.32 Å². The van der Waals surface area contributed by atoms with E-state index in [0.717, 1.165) is 68.0 Å². The molecule has 0 aliphatic carbocycles. The lowest BCUT2D eigenvalue weighted by atomic mass is 10.0. The van der Waals surface area contributed by atoms with E-state index in [1.165, 1.54) is 11.1 Å². The number of benzene rings is 2. The quantitative estimate of drug-likeness (QED) is 0.327. The number of piperidine rings is 1. The van der Waals surface area contributed by atoms with Gasteiger partial charge >= 0.3 is 0 Å². The highest BCUT2D eigenvalue weighted by Gasteiger charge is 2.21. The molecule has 1 aliphatic heterocycles. The van der Waals surface area contributed by atoms with Crippen LogP contribution in [0.25, 0.3) is 22.5 Å². The van der Waals surface area contributed by atoms with E-state index in [1.807, 2.05) is 31.5 Å². The summed E-state index contributed by atoms with van der Waals surface area (Å²) in [5, 5.41) is 7.64. The van der Waals surface area contributed by atoms with E-state index >= 15 is 0 Å². The molecule has 8 heteroatoms. The minimum absolute atomic E-state index is 0.415. The Morgan fingerprint density at radius 1 is 0.946 bits per heavy atom. The van der Waals surface area contributed by atoms with Gasteiger partial charge in [-0.05, 0) is 67.6 Å². The molecule has 0 unspecified atom stereocenters. The third kappa shape index (κ3) is 5.39. The number of pyridine rings is 1. The van der Waals surface area contributed by atoms with E-state index in [-0.39, 0.29) is 0 Å². The first kappa shape index (κ1) is 23.4. The van der Waals surface area contributed by atoms with E-state index in [9.17, 15) is 0 Å². The van der Waals surface area contributed by atoms with Gasteiger partial charge in [-0.1, -0.05) is 35.5 Å². The molecule has 188 valence electrons. The molecule has 0 amide bonds. The number of nitrogens with zero attached hydrogens (tertiary/aromatic N) is 6. The van der Waals surface area contributed by atoms with Gasteiger partial charge in [0.2, 0.25) is 5.95 Å². The Hall–Kier alpha value is -4.04. The molecule has 3 aromatic heterocycles. The largest absolute Gasteiger partial charge is 0.353 e. The minimum Gasteiger partial charge on any atom is -0.353 e. The van der Waals surface area contributed by atoms with Gasteiger partial charge in [0, 0.05) is 43.6 Å². The summed E-state index contributed by atoms with van der Waals surface area (Å²) in [6.07, 6.45) is 6.98. The monoisotopic (exact) mass is 493 g/mol. The Morgan fingerprint density at radius 2 is 1.78 bits per heavy atom. The van der Waals surface area contributed by atoms with Crippen molar-refractivity contribution in [1.82, 2.24) is 29.6 Å². The first-order chi connectivity index (χ1) is 18.2. The van der Waals surface area contributed by atoms with E-state index < -0.39 is 0 Å². The van der Waals surface area contributed by atoms with Crippen LogP contribution in [-0.4, -0.2) is 55.3 Å². The van der Waals surface area contributed by atoms with E-state index in [2.05, 4.69) is 78.4 Å². The smallest absolute Gasteiger partial charge is 0.257 e. The minimum atomic E-state index is 0.415. The number of aromatic nitrogens is 5. The van der Waals surface area contributed by atoms with Gasteiger partial charge in [-0.25, -0.2) is 4.98 Å². The molecule has 1 saturated heterocycles. The van der Waals surface area contributed by atoms with Crippen molar-refractivity contribution in [2.45, 2.75) is 38.8 Å². The summed E-state index contributed by atoms with van der Waals surface area (Å²) >= 11 is 0. The van der Waals surface area contributed by atoms with Gasteiger partial charge in [0.1, 0.15) is 0 Å². The number of fused-ring (bicyclic) bond motifs is 1. The van der Waals surface area contributed by atoms with Crippen LogP contribution in [0.5, 0.6) is 0 Å².